The fourth-order valence-electron chi connectivity index (χ4n) is 2.41. The van der Waals surface area contributed by atoms with E-state index in [0.717, 1.165) is 20.0 Å². The van der Waals surface area contributed by atoms with Crippen LogP contribution in [0.15, 0.2) is 0 Å². The second-order valence-electron chi connectivity index (χ2n) is 6.30. The Morgan fingerprint density at radius 2 is 1.36 bits per heavy atom. The summed E-state index contributed by atoms with van der Waals surface area (Å²) in [5, 5.41) is 35.4. The highest BCUT2D eigenvalue weighted by Gasteiger charge is 2.44. The van der Waals surface area contributed by atoms with Crippen LogP contribution in [0.5, 0.6) is 0 Å². The van der Waals surface area contributed by atoms with Gasteiger partial charge in [-0.25, -0.2) is 0 Å². The third-order valence-electron chi connectivity index (χ3n) is 4.55. The van der Waals surface area contributed by atoms with Crippen molar-refractivity contribution < 1.29 is 19.8 Å². The highest BCUT2D eigenvalue weighted by molar-refractivity contribution is 5.89. The van der Waals surface area contributed by atoms with Gasteiger partial charge in [-0.3, -0.25) is 9.59 Å². The van der Waals surface area contributed by atoms with E-state index >= 15 is 0 Å². The van der Waals surface area contributed by atoms with Gasteiger partial charge in [-0.2, -0.15) is 10.5 Å². The molecule has 0 aliphatic heterocycles. The van der Waals surface area contributed by atoms with Crippen molar-refractivity contribution in [2.24, 2.45) is 28.0 Å². The van der Waals surface area contributed by atoms with Crippen LogP contribution in [0.2, 0.25) is 0 Å². The third-order valence-corrected chi connectivity index (χ3v) is 4.55. The van der Waals surface area contributed by atoms with Crippen LogP contribution in [-0.2, 0) is 9.59 Å². The van der Waals surface area contributed by atoms with Gasteiger partial charge in [0.05, 0.1) is 12.1 Å². The van der Waals surface area contributed by atoms with Gasteiger partial charge in [0.2, 0.25) is 5.91 Å². The summed E-state index contributed by atoms with van der Waals surface area (Å²) in [6, 6.07) is 4.03. The smallest absolute Gasteiger partial charge is 0.240 e. The summed E-state index contributed by atoms with van der Waals surface area (Å²) in [6.07, 6.45) is 4.55. The molecular weight excluding hydrogens is 364 g/mol. The van der Waals surface area contributed by atoms with E-state index < -0.39 is 17.4 Å². The standard InChI is InChI=1S/C8H13N3O.C7H9NO2.C2H8N2.CH4O/c9-4-5-11-7(12)8(6-10)2-1-3-8;8-5-7(2-1-3-7)6(10)4-9;3-1-2-4;1-2/h1-5,9H2,(H,11,12);9H,1-4H2;1-4H2;2H,1H3. The molecule has 160 valence electrons. The molecule has 0 spiro atoms. The van der Waals surface area contributed by atoms with Crippen LogP contribution in [0.1, 0.15) is 38.5 Å². The number of hydrogen-bond acceptors (Lipinski definition) is 9. The van der Waals surface area contributed by atoms with E-state index in [9.17, 15) is 9.59 Å². The first kappa shape index (κ1) is 28.1. The third kappa shape index (κ3) is 8.30. The fourth-order valence-corrected chi connectivity index (χ4v) is 2.41. The summed E-state index contributed by atoms with van der Waals surface area (Å²) in [5.41, 5.74) is 13.5. The maximum absolute atomic E-state index is 11.3. The summed E-state index contributed by atoms with van der Waals surface area (Å²) in [5.74, 6) is -0.469. The lowest BCUT2D eigenvalue weighted by Gasteiger charge is -2.33. The lowest BCUT2D eigenvalue weighted by atomic mass is 9.67. The van der Waals surface area contributed by atoms with E-state index in [1.165, 1.54) is 0 Å². The molecule has 2 saturated carbocycles. The highest BCUT2D eigenvalue weighted by Crippen LogP contribution is 2.41. The van der Waals surface area contributed by atoms with Crippen LogP contribution in [0.3, 0.4) is 0 Å². The number of nitrogens with zero attached hydrogens (tertiary/aromatic N) is 2. The van der Waals surface area contributed by atoms with E-state index in [1.54, 1.807) is 0 Å². The van der Waals surface area contributed by atoms with Crippen molar-refractivity contribution in [2.75, 3.05) is 39.9 Å². The van der Waals surface area contributed by atoms with Crippen LogP contribution in [0, 0.1) is 33.5 Å². The Hall–Kier alpha value is -2.08. The van der Waals surface area contributed by atoms with Crippen LogP contribution in [0.25, 0.3) is 0 Å². The van der Waals surface area contributed by atoms with Crippen molar-refractivity contribution in [1.29, 1.82) is 10.5 Å². The van der Waals surface area contributed by atoms with E-state index in [2.05, 4.69) is 11.4 Å². The molecule has 9 N–H and O–H groups in total. The minimum Gasteiger partial charge on any atom is -0.400 e. The number of nitriles is 2. The zero-order valence-corrected chi connectivity index (χ0v) is 16.6. The summed E-state index contributed by atoms with van der Waals surface area (Å²) in [4.78, 5) is 22.2. The van der Waals surface area contributed by atoms with Gasteiger partial charge in [-0.1, -0.05) is 0 Å². The first-order valence-corrected chi connectivity index (χ1v) is 9.21. The number of nitrogens with one attached hydrogen (secondary N) is 1. The number of aliphatic hydroxyl groups is 2. The molecule has 0 bridgehead atoms. The fraction of sp³-hybridized carbons (Fsp3) is 0.778. The molecule has 10 nitrogen and oxygen atoms in total. The molecule has 2 aliphatic rings. The lowest BCUT2D eigenvalue weighted by Crippen LogP contribution is -2.45. The molecule has 0 aromatic rings. The predicted molar refractivity (Wildman–Crippen MR) is 104 cm³/mol. The Balaban J connectivity index is 0. The molecule has 0 saturated heterocycles. The first-order valence-electron chi connectivity index (χ1n) is 9.21. The first-order chi connectivity index (χ1) is 13.4. The van der Waals surface area contributed by atoms with E-state index in [0.29, 0.717) is 51.9 Å². The minimum atomic E-state index is -0.811. The van der Waals surface area contributed by atoms with E-state index in [1.807, 2.05) is 6.07 Å². The van der Waals surface area contributed by atoms with Gasteiger partial charge in [-0.05, 0) is 38.5 Å². The monoisotopic (exact) mass is 398 g/mol. The maximum atomic E-state index is 11.3. The molecule has 0 unspecified atom stereocenters. The van der Waals surface area contributed by atoms with Crippen molar-refractivity contribution >= 4 is 11.7 Å². The van der Waals surface area contributed by atoms with Gasteiger partial charge in [0.25, 0.3) is 0 Å². The number of ketones is 1. The quantitative estimate of drug-likeness (QED) is 0.307. The number of carbonyl (C=O) groups is 2. The van der Waals surface area contributed by atoms with Crippen LogP contribution in [0.4, 0.5) is 0 Å². The molecule has 2 rings (SSSR count). The largest absolute Gasteiger partial charge is 0.400 e. The lowest BCUT2D eigenvalue weighted by molar-refractivity contribution is -0.132. The molecule has 2 aliphatic carbocycles. The average molecular weight is 399 g/mol. The zero-order chi connectivity index (χ0) is 22.1. The van der Waals surface area contributed by atoms with Crippen molar-refractivity contribution in [3.63, 3.8) is 0 Å². The number of Topliss-reactive ketones (excluding diaryl/α,β-unsaturated/α-hetero) is 1. The van der Waals surface area contributed by atoms with Crippen LogP contribution in [-0.4, -0.2) is 61.8 Å². The van der Waals surface area contributed by atoms with Gasteiger partial charge >= 0.3 is 0 Å². The topological polar surface area (TPSA) is 212 Å². The molecule has 0 atom stereocenters. The molecular formula is C18H34N6O4. The summed E-state index contributed by atoms with van der Waals surface area (Å²) < 4.78 is 0. The van der Waals surface area contributed by atoms with Gasteiger partial charge in [0.1, 0.15) is 17.4 Å². The van der Waals surface area contributed by atoms with E-state index in [4.69, 9.17) is 37.9 Å². The van der Waals surface area contributed by atoms with Gasteiger partial charge in [0.15, 0.2) is 5.78 Å². The van der Waals surface area contributed by atoms with Gasteiger partial charge in [0, 0.05) is 33.3 Å². The Kier molecular flexibility index (Phi) is 16.0. The normalized spacial score (nSPS) is 16.9. The Labute approximate surface area is 166 Å². The Morgan fingerprint density at radius 1 is 0.929 bits per heavy atom. The van der Waals surface area contributed by atoms with Crippen LogP contribution >= 0.6 is 0 Å². The molecule has 10 heteroatoms. The van der Waals surface area contributed by atoms with Crippen molar-refractivity contribution in [3.8, 4) is 12.1 Å². The Morgan fingerprint density at radius 3 is 1.54 bits per heavy atom. The predicted octanol–water partition coefficient (Wildman–Crippen LogP) is -1.49. The van der Waals surface area contributed by atoms with Gasteiger partial charge in [-0.15, -0.1) is 0 Å². The molecule has 0 aromatic heterocycles. The number of aliphatic hydroxyl groups excluding tert-OH is 2. The average Bonchev–Trinajstić information content (AvgIpc) is 2.67. The highest BCUT2D eigenvalue weighted by atomic mass is 16.3. The second-order valence-corrected chi connectivity index (χ2v) is 6.30. The van der Waals surface area contributed by atoms with Crippen molar-refractivity contribution in [2.45, 2.75) is 38.5 Å². The molecule has 2 fully saturated rings. The second kappa shape index (κ2) is 15.9. The number of hydrogen-bond donors (Lipinski definition) is 6. The minimum absolute atomic E-state index is 0.151. The SMILES string of the molecule is CO.N#CC1(C(=O)CO)CCC1.N#CC1(C(=O)NCCN)CCC1.NCCN. The summed E-state index contributed by atoms with van der Waals surface area (Å²) in [7, 11) is 1.00. The maximum Gasteiger partial charge on any atom is 0.240 e. The number of carbonyl (C=O) groups excluding carboxylic acids is 2. The van der Waals surface area contributed by atoms with Crippen LogP contribution < -0.4 is 22.5 Å². The molecule has 28 heavy (non-hydrogen) atoms. The van der Waals surface area contributed by atoms with Crippen molar-refractivity contribution in [1.82, 2.24) is 5.32 Å². The molecule has 1 amide bonds. The summed E-state index contributed by atoms with van der Waals surface area (Å²) in [6.45, 7) is 1.59. The number of nitrogens with two attached hydrogens (primary N) is 3. The number of amides is 1. The van der Waals surface area contributed by atoms with E-state index in [-0.39, 0.29) is 11.7 Å². The zero-order valence-electron chi connectivity index (χ0n) is 16.6. The number of rotatable bonds is 6. The van der Waals surface area contributed by atoms with Gasteiger partial charge < -0.3 is 32.7 Å². The Bertz CT molecular complexity index is 531. The molecule has 0 radical (unpaired) electrons. The molecule has 0 heterocycles. The van der Waals surface area contributed by atoms with Crippen molar-refractivity contribution in [3.05, 3.63) is 0 Å². The summed E-state index contributed by atoms with van der Waals surface area (Å²) >= 11 is 0. The molecule has 0 aromatic carbocycles.